The van der Waals surface area contributed by atoms with Gasteiger partial charge in [0.1, 0.15) is 0 Å². The van der Waals surface area contributed by atoms with Crippen LogP contribution in [0.25, 0.3) is 0 Å². The molecule has 0 atom stereocenters. The Morgan fingerprint density at radius 3 is 2.73 bits per heavy atom. The molecule has 1 aliphatic rings. The van der Waals surface area contributed by atoms with Crippen molar-refractivity contribution in [3.8, 4) is 0 Å². The van der Waals surface area contributed by atoms with E-state index in [1.807, 2.05) is 0 Å². The molecule has 1 saturated carbocycles. The van der Waals surface area contributed by atoms with E-state index >= 15 is 0 Å². The molecular formula is C6H9BN2O2. The van der Waals surface area contributed by atoms with Gasteiger partial charge in [0.05, 0.1) is 6.04 Å². The van der Waals surface area contributed by atoms with Crippen molar-refractivity contribution in [1.29, 1.82) is 0 Å². The summed E-state index contributed by atoms with van der Waals surface area (Å²) in [5.41, 5.74) is 0.469. The molecule has 0 aromatic carbocycles. The van der Waals surface area contributed by atoms with Crippen molar-refractivity contribution in [3.63, 3.8) is 0 Å². The smallest absolute Gasteiger partial charge is 0.423 e. The van der Waals surface area contributed by atoms with Crippen LogP contribution in [0.2, 0.25) is 0 Å². The lowest BCUT2D eigenvalue weighted by atomic mass is 9.83. The van der Waals surface area contributed by atoms with Gasteiger partial charge < -0.3 is 10.0 Å². The molecule has 2 rings (SSSR count). The molecule has 2 N–H and O–H groups in total. The third kappa shape index (κ3) is 1.29. The summed E-state index contributed by atoms with van der Waals surface area (Å²) in [7, 11) is -1.39. The van der Waals surface area contributed by atoms with Crippen LogP contribution in [0, 0.1) is 0 Å². The lowest BCUT2D eigenvalue weighted by molar-refractivity contribution is 0.425. The Kier molecular flexibility index (Phi) is 1.47. The summed E-state index contributed by atoms with van der Waals surface area (Å²) in [5.74, 6) is 0. The minimum Gasteiger partial charge on any atom is -0.423 e. The van der Waals surface area contributed by atoms with Crippen molar-refractivity contribution in [2.45, 2.75) is 18.9 Å². The van der Waals surface area contributed by atoms with Crippen LogP contribution in [0.1, 0.15) is 18.9 Å². The quantitative estimate of drug-likeness (QED) is 0.528. The summed E-state index contributed by atoms with van der Waals surface area (Å²) >= 11 is 0. The molecule has 1 aliphatic carbocycles. The fourth-order valence-corrected chi connectivity index (χ4v) is 1.02. The maximum atomic E-state index is 8.74. The zero-order valence-corrected chi connectivity index (χ0v) is 6.01. The van der Waals surface area contributed by atoms with Crippen molar-refractivity contribution in [2.75, 3.05) is 0 Å². The van der Waals surface area contributed by atoms with E-state index in [1.165, 1.54) is 6.20 Å². The SMILES string of the molecule is OB(O)c1cnn(C2CC2)c1. The maximum absolute atomic E-state index is 8.74. The Bertz CT molecular complexity index is 240. The van der Waals surface area contributed by atoms with Gasteiger partial charge in [-0.2, -0.15) is 5.10 Å². The second-order valence-corrected chi connectivity index (χ2v) is 2.86. The van der Waals surface area contributed by atoms with Crippen molar-refractivity contribution >= 4 is 12.6 Å². The van der Waals surface area contributed by atoms with Gasteiger partial charge in [0.2, 0.25) is 0 Å². The number of hydrogen-bond donors (Lipinski definition) is 2. The van der Waals surface area contributed by atoms with E-state index in [1.54, 1.807) is 10.9 Å². The standard InChI is InChI=1S/C6H9BN2O2/c10-7(11)5-3-8-9(4-5)6-1-2-6/h3-4,6,10-11H,1-2H2. The van der Waals surface area contributed by atoms with Crippen molar-refractivity contribution < 1.29 is 10.0 Å². The molecular weight excluding hydrogens is 143 g/mol. The highest BCUT2D eigenvalue weighted by Gasteiger charge is 2.25. The molecule has 0 amide bonds. The molecule has 0 radical (unpaired) electrons. The second kappa shape index (κ2) is 2.35. The minimum atomic E-state index is -1.39. The van der Waals surface area contributed by atoms with Gasteiger partial charge in [0.25, 0.3) is 0 Å². The third-order valence-corrected chi connectivity index (χ3v) is 1.84. The molecule has 1 heterocycles. The molecule has 4 nitrogen and oxygen atoms in total. The molecule has 1 fully saturated rings. The lowest BCUT2D eigenvalue weighted by Crippen LogP contribution is -2.28. The molecule has 1 aromatic rings. The van der Waals surface area contributed by atoms with Gasteiger partial charge in [-0.05, 0) is 12.8 Å². The van der Waals surface area contributed by atoms with Crippen LogP contribution < -0.4 is 5.46 Å². The van der Waals surface area contributed by atoms with Gasteiger partial charge in [-0.25, -0.2) is 0 Å². The first-order valence-electron chi connectivity index (χ1n) is 3.67. The first-order valence-corrected chi connectivity index (χ1v) is 3.67. The Morgan fingerprint density at radius 2 is 2.27 bits per heavy atom. The first kappa shape index (κ1) is 6.88. The molecule has 11 heavy (non-hydrogen) atoms. The highest BCUT2D eigenvalue weighted by Crippen LogP contribution is 2.33. The Balaban J connectivity index is 2.18. The van der Waals surface area contributed by atoms with Crippen LogP contribution in [0.15, 0.2) is 12.4 Å². The summed E-state index contributed by atoms with van der Waals surface area (Å²) in [4.78, 5) is 0. The van der Waals surface area contributed by atoms with E-state index in [0.717, 1.165) is 12.8 Å². The van der Waals surface area contributed by atoms with E-state index in [9.17, 15) is 0 Å². The first-order chi connectivity index (χ1) is 5.27. The summed E-state index contributed by atoms with van der Waals surface area (Å²) in [6, 6.07) is 0.502. The van der Waals surface area contributed by atoms with Crippen molar-refractivity contribution in [2.24, 2.45) is 0 Å². The van der Waals surface area contributed by atoms with Crippen LogP contribution in [0.4, 0.5) is 0 Å². The van der Waals surface area contributed by atoms with Crippen LogP contribution in [0.5, 0.6) is 0 Å². The van der Waals surface area contributed by atoms with E-state index in [0.29, 0.717) is 11.5 Å². The Labute approximate surface area is 64.6 Å². The summed E-state index contributed by atoms with van der Waals surface area (Å²) in [6.07, 6.45) is 5.48. The van der Waals surface area contributed by atoms with Gasteiger partial charge in [-0.1, -0.05) is 0 Å². The molecule has 0 spiro atoms. The molecule has 58 valence electrons. The molecule has 0 aliphatic heterocycles. The topological polar surface area (TPSA) is 58.3 Å². The molecule has 0 saturated heterocycles. The monoisotopic (exact) mass is 152 g/mol. The molecule has 0 bridgehead atoms. The predicted octanol–water partition coefficient (Wildman–Crippen LogP) is -1.10. The van der Waals surface area contributed by atoms with E-state index in [-0.39, 0.29) is 0 Å². The van der Waals surface area contributed by atoms with E-state index in [4.69, 9.17) is 10.0 Å². The zero-order valence-electron chi connectivity index (χ0n) is 6.01. The van der Waals surface area contributed by atoms with Gasteiger partial charge >= 0.3 is 7.12 Å². The normalized spacial score (nSPS) is 16.9. The average Bonchev–Trinajstić information content (AvgIpc) is 2.68. The molecule has 1 aromatic heterocycles. The second-order valence-electron chi connectivity index (χ2n) is 2.86. The van der Waals surface area contributed by atoms with Crippen molar-refractivity contribution in [3.05, 3.63) is 12.4 Å². The predicted molar refractivity (Wildman–Crippen MR) is 40.3 cm³/mol. The number of rotatable bonds is 2. The largest absolute Gasteiger partial charge is 0.491 e. The van der Waals surface area contributed by atoms with E-state index in [2.05, 4.69) is 5.10 Å². The van der Waals surface area contributed by atoms with E-state index < -0.39 is 7.12 Å². The zero-order chi connectivity index (χ0) is 7.84. The minimum absolute atomic E-state index is 0.469. The highest BCUT2D eigenvalue weighted by molar-refractivity contribution is 6.58. The maximum Gasteiger partial charge on any atom is 0.491 e. The summed E-state index contributed by atoms with van der Waals surface area (Å²) in [5, 5.41) is 21.5. The fraction of sp³-hybridized carbons (Fsp3) is 0.500. The lowest BCUT2D eigenvalue weighted by Gasteiger charge is -1.93. The van der Waals surface area contributed by atoms with Crippen LogP contribution in [0.3, 0.4) is 0 Å². The van der Waals surface area contributed by atoms with Crippen molar-refractivity contribution in [1.82, 2.24) is 9.78 Å². The van der Waals surface area contributed by atoms with Gasteiger partial charge in [-0.15, -0.1) is 0 Å². The Hall–Kier alpha value is -0.805. The highest BCUT2D eigenvalue weighted by atomic mass is 16.4. The fourth-order valence-electron chi connectivity index (χ4n) is 1.02. The van der Waals surface area contributed by atoms with Gasteiger partial charge in [0.15, 0.2) is 0 Å². The summed E-state index contributed by atoms with van der Waals surface area (Å²) < 4.78 is 1.79. The van der Waals surface area contributed by atoms with Gasteiger partial charge in [-0.3, -0.25) is 4.68 Å². The number of aromatic nitrogens is 2. The van der Waals surface area contributed by atoms with Crippen LogP contribution >= 0.6 is 0 Å². The van der Waals surface area contributed by atoms with Crippen LogP contribution in [-0.2, 0) is 0 Å². The third-order valence-electron chi connectivity index (χ3n) is 1.84. The molecule has 5 heteroatoms. The number of nitrogens with zero attached hydrogens (tertiary/aromatic N) is 2. The number of hydrogen-bond acceptors (Lipinski definition) is 3. The van der Waals surface area contributed by atoms with Gasteiger partial charge in [0, 0.05) is 17.9 Å². The molecule has 0 unspecified atom stereocenters. The van der Waals surface area contributed by atoms with Crippen LogP contribution in [-0.4, -0.2) is 26.9 Å². The average molecular weight is 152 g/mol. The summed E-state index contributed by atoms with van der Waals surface area (Å²) in [6.45, 7) is 0. The Morgan fingerprint density at radius 1 is 1.55 bits per heavy atom.